The number of amides is 1. The average Bonchev–Trinajstić information content (AvgIpc) is 3.06. The maximum absolute atomic E-state index is 12.7. The van der Waals surface area contributed by atoms with E-state index in [2.05, 4.69) is 33.0 Å². The molecule has 0 aliphatic carbocycles. The predicted molar refractivity (Wildman–Crippen MR) is 84.0 cm³/mol. The molecule has 0 spiro atoms. The van der Waals surface area contributed by atoms with Crippen LogP contribution in [-0.2, 0) is 0 Å². The van der Waals surface area contributed by atoms with Crippen LogP contribution in [0, 0.1) is 6.92 Å². The molecular weight excluding hydrogens is 336 g/mol. The van der Waals surface area contributed by atoms with Crippen molar-refractivity contribution in [3.63, 3.8) is 0 Å². The summed E-state index contributed by atoms with van der Waals surface area (Å²) < 4.78 is 1.06. The Hall–Kier alpha value is -1.20. The van der Waals surface area contributed by atoms with E-state index >= 15 is 0 Å². The second-order valence-electron chi connectivity index (χ2n) is 4.98. The SMILES string of the molecule is Cc1ncsc1C(=O)N1CCCC1c1cccc(Br)c1. The molecular formula is C15H15BrN2OS. The van der Waals surface area contributed by atoms with Crippen molar-refractivity contribution in [1.82, 2.24) is 9.88 Å². The molecule has 1 aromatic heterocycles. The van der Waals surface area contributed by atoms with Crippen molar-refractivity contribution >= 4 is 33.2 Å². The molecule has 5 heteroatoms. The molecule has 2 heterocycles. The Kier molecular flexibility index (Phi) is 3.89. The van der Waals surface area contributed by atoms with E-state index in [0.717, 1.165) is 34.4 Å². The minimum atomic E-state index is 0.118. The maximum Gasteiger partial charge on any atom is 0.266 e. The molecule has 1 aromatic carbocycles. The Bertz CT molecular complexity index is 640. The Morgan fingerprint density at radius 3 is 3.05 bits per heavy atom. The van der Waals surface area contributed by atoms with Crippen LogP contribution >= 0.6 is 27.3 Å². The van der Waals surface area contributed by atoms with Crippen molar-refractivity contribution in [3.05, 3.63) is 50.4 Å². The van der Waals surface area contributed by atoms with Crippen LogP contribution < -0.4 is 0 Å². The fourth-order valence-electron chi connectivity index (χ4n) is 2.71. The number of aromatic nitrogens is 1. The van der Waals surface area contributed by atoms with E-state index in [9.17, 15) is 4.79 Å². The monoisotopic (exact) mass is 350 g/mol. The number of hydrogen-bond acceptors (Lipinski definition) is 3. The van der Waals surface area contributed by atoms with Crippen LogP contribution in [0.4, 0.5) is 0 Å². The van der Waals surface area contributed by atoms with E-state index in [1.54, 1.807) is 5.51 Å². The minimum Gasteiger partial charge on any atom is -0.331 e. The standard InChI is InChI=1S/C15H15BrN2OS/c1-10-14(20-9-17-10)15(19)18-7-3-6-13(18)11-4-2-5-12(16)8-11/h2,4-5,8-9,13H,3,6-7H2,1H3. The summed E-state index contributed by atoms with van der Waals surface area (Å²) >= 11 is 4.94. The molecule has 20 heavy (non-hydrogen) atoms. The van der Waals surface area contributed by atoms with Gasteiger partial charge in [0.15, 0.2) is 0 Å². The van der Waals surface area contributed by atoms with Gasteiger partial charge < -0.3 is 4.90 Å². The van der Waals surface area contributed by atoms with Crippen molar-refractivity contribution < 1.29 is 4.79 Å². The van der Waals surface area contributed by atoms with Gasteiger partial charge in [0.1, 0.15) is 4.88 Å². The van der Waals surface area contributed by atoms with Crippen LogP contribution in [-0.4, -0.2) is 22.3 Å². The first-order valence-electron chi connectivity index (χ1n) is 6.63. The molecule has 2 aromatic rings. The lowest BCUT2D eigenvalue weighted by molar-refractivity contribution is 0.0739. The quantitative estimate of drug-likeness (QED) is 0.813. The summed E-state index contributed by atoms with van der Waals surface area (Å²) in [6.07, 6.45) is 2.08. The lowest BCUT2D eigenvalue weighted by Crippen LogP contribution is -2.30. The van der Waals surface area contributed by atoms with E-state index in [1.807, 2.05) is 24.0 Å². The van der Waals surface area contributed by atoms with Gasteiger partial charge in [0.25, 0.3) is 5.91 Å². The van der Waals surface area contributed by atoms with Crippen molar-refractivity contribution in [2.75, 3.05) is 6.54 Å². The molecule has 1 atom stereocenters. The highest BCUT2D eigenvalue weighted by Gasteiger charge is 2.31. The van der Waals surface area contributed by atoms with E-state index < -0.39 is 0 Å². The summed E-state index contributed by atoms with van der Waals surface area (Å²) in [6, 6.07) is 8.42. The van der Waals surface area contributed by atoms with E-state index in [-0.39, 0.29) is 11.9 Å². The van der Waals surface area contributed by atoms with Gasteiger partial charge in [-0.1, -0.05) is 28.1 Å². The summed E-state index contributed by atoms with van der Waals surface area (Å²) in [7, 11) is 0. The summed E-state index contributed by atoms with van der Waals surface area (Å²) in [5.41, 5.74) is 3.78. The first-order chi connectivity index (χ1) is 9.66. The van der Waals surface area contributed by atoms with Crippen LogP contribution in [0.1, 0.15) is 39.8 Å². The summed E-state index contributed by atoms with van der Waals surface area (Å²) in [4.78, 5) is 19.6. The summed E-state index contributed by atoms with van der Waals surface area (Å²) in [5, 5.41) is 0. The third-order valence-electron chi connectivity index (χ3n) is 3.69. The zero-order valence-electron chi connectivity index (χ0n) is 11.2. The van der Waals surface area contributed by atoms with Crippen LogP contribution in [0.5, 0.6) is 0 Å². The molecule has 3 rings (SSSR count). The Labute approximate surface area is 130 Å². The third-order valence-corrected chi connectivity index (χ3v) is 5.10. The minimum absolute atomic E-state index is 0.118. The van der Waals surface area contributed by atoms with Gasteiger partial charge in [0, 0.05) is 11.0 Å². The fourth-order valence-corrected chi connectivity index (χ4v) is 3.88. The highest BCUT2D eigenvalue weighted by atomic mass is 79.9. The van der Waals surface area contributed by atoms with Gasteiger partial charge in [-0.3, -0.25) is 4.79 Å². The number of halogens is 1. The van der Waals surface area contributed by atoms with Crippen LogP contribution in [0.2, 0.25) is 0 Å². The van der Waals surface area contributed by atoms with Gasteiger partial charge in [-0.25, -0.2) is 4.98 Å². The summed E-state index contributed by atoms with van der Waals surface area (Å²) in [5.74, 6) is 0.118. The molecule has 104 valence electrons. The van der Waals surface area contributed by atoms with Gasteiger partial charge in [-0.15, -0.1) is 11.3 Å². The number of carbonyl (C=O) groups excluding carboxylic acids is 1. The molecule has 1 aliphatic heterocycles. The molecule has 0 N–H and O–H groups in total. The van der Waals surface area contributed by atoms with Crippen molar-refractivity contribution in [3.8, 4) is 0 Å². The topological polar surface area (TPSA) is 33.2 Å². The highest BCUT2D eigenvalue weighted by molar-refractivity contribution is 9.10. The van der Waals surface area contributed by atoms with Crippen molar-refractivity contribution in [2.24, 2.45) is 0 Å². The zero-order chi connectivity index (χ0) is 14.1. The molecule has 0 radical (unpaired) electrons. The zero-order valence-corrected chi connectivity index (χ0v) is 13.6. The van der Waals surface area contributed by atoms with Gasteiger partial charge >= 0.3 is 0 Å². The number of thiazole rings is 1. The first-order valence-corrected chi connectivity index (χ1v) is 8.30. The Morgan fingerprint density at radius 1 is 1.50 bits per heavy atom. The van der Waals surface area contributed by atoms with E-state index in [1.165, 1.54) is 16.9 Å². The van der Waals surface area contributed by atoms with E-state index in [4.69, 9.17) is 0 Å². The van der Waals surface area contributed by atoms with E-state index in [0.29, 0.717) is 0 Å². The second kappa shape index (κ2) is 5.66. The fraction of sp³-hybridized carbons (Fsp3) is 0.333. The van der Waals surface area contributed by atoms with Gasteiger partial charge in [-0.05, 0) is 37.5 Å². The third kappa shape index (κ3) is 2.52. The second-order valence-corrected chi connectivity index (χ2v) is 6.75. The number of aryl methyl sites for hydroxylation is 1. The molecule has 1 saturated heterocycles. The molecule has 3 nitrogen and oxygen atoms in total. The van der Waals surface area contributed by atoms with Gasteiger partial charge in [-0.2, -0.15) is 0 Å². The Morgan fingerprint density at radius 2 is 2.35 bits per heavy atom. The highest BCUT2D eigenvalue weighted by Crippen LogP contribution is 2.34. The van der Waals surface area contributed by atoms with Gasteiger partial charge in [0.2, 0.25) is 0 Å². The number of hydrogen-bond donors (Lipinski definition) is 0. The molecule has 1 amide bonds. The number of rotatable bonds is 2. The molecule has 1 aliphatic rings. The lowest BCUT2D eigenvalue weighted by atomic mass is 10.0. The van der Waals surface area contributed by atoms with Gasteiger partial charge in [0.05, 0.1) is 17.2 Å². The normalized spacial score (nSPS) is 18.5. The Balaban J connectivity index is 1.90. The smallest absolute Gasteiger partial charge is 0.266 e. The number of carbonyl (C=O) groups is 1. The summed E-state index contributed by atoms with van der Waals surface area (Å²) in [6.45, 7) is 2.72. The molecule has 1 fully saturated rings. The average molecular weight is 351 g/mol. The first kappa shape index (κ1) is 13.8. The molecule has 0 saturated carbocycles. The number of nitrogens with zero attached hydrogens (tertiary/aromatic N) is 2. The van der Waals surface area contributed by atoms with Crippen LogP contribution in [0.25, 0.3) is 0 Å². The van der Waals surface area contributed by atoms with Crippen LogP contribution in [0.3, 0.4) is 0 Å². The number of benzene rings is 1. The molecule has 1 unspecified atom stereocenters. The maximum atomic E-state index is 12.7. The van der Waals surface area contributed by atoms with Crippen molar-refractivity contribution in [1.29, 1.82) is 0 Å². The van der Waals surface area contributed by atoms with Crippen LogP contribution in [0.15, 0.2) is 34.2 Å². The number of likely N-dealkylation sites (tertiary alicyclic amines) is 1. The molecule has 0 bridgehead atoms. The predicted octanol–water partition coefficient (Wildman–Crippen LogP) is 4.19. The lowest BCUT2D eigenvalue weighted by Gasteiger charge is -2.25. The largest absolute Gasteiger partial charge is 0.331 e. The van der Waals surface area contributed by atoms with Crippen molar-refractivity contribution in [2.45, 2.75) is 25.8 Å².